The summed E-state index contributed by atoms with van der Waals surface area (Å²) < 4.78 is 28.9. The van der Waals surface area contributed by atoms with Gasteiger partial charge in [0.05, 0.1) is 10.6 Å². The van der Waals surface area contributed by atoms with E-state index in [0.29, 0.717) is 11.4 Å². The summed E-state index contributed by atoms with van der Waals surface area (Å²) in [7, 11) is -4.14. The fourth-order valence-corrected chi connectivity index (χ4v) is 6.76. The number of nitrogens with one attached hydrogen (secondary N) is 1. The number of hydrogen-bond acceptors (Lipinski definition) is 4. The van der Waals surface area contributed by atoms with Crippen LogP contribution in [0.1, 0.15) is 55.7 Å². The Morgan fingerprint density at radius 2 is 1.63 bits per heavy atom. The standard InChI is InChI=1S/C32H38ClN3O4S/c1-4-30(32(38)34-26-10-8-9-11-26)35(21-25-17-14-23(2)15-18-25)31(37)22-36(27-19-16-24(3)29(33)20-27)41(39,40)28-12-6-5-7-13-28/h5-7,12-20,26,30H,4,8-11,21-22H2,1-3H3,(H,34,38)/t30-/m1/s1. The second-order valence-electron chi connectivity index (χ2n) is 10.7. The summed E-state index contributed by atoms with van der Waals surface area (Å²) in [4.78, 5) is 29.3. The Bertz CT molecular complexity index is 1460. The van der Waals surface area contributed by atoms with Gasteiger partial charge < -0.3 is 10.2 Å². The van der Waals surface area contributed by atoms with Crippen LogP contribution >= 0.6 is 11.6 Å². The molecule has 0 saturated heterocycles. The van der Waals surface area contributed by atoms with E-state index in [2.05, 4.69) is 5.32 Å². The maximum absolute atomic E-state index is 14.2. The Morgan fingerprint density at radius 1 is 0.976 bits per heavy atom. The maximum Gasteiger partial charge on any atom is 0.264 e. The lowest BCUT2D eigenvalue weighted by atomic mass is 10.1. The van der Waals surface area contributed by atoms with Crippen molar-refractivity contribution in [3.63, 3.8) is 0 Å². The molecule has 1 aliphatic carbocycles. The van der Waals surface area contributed by atoms with Gasteiger partial charge in [0.1, 0.15) is 12.6 Å². The van der Waals surface area contributed by atoms with Crippen molar-refractivity contribution < 1.29 is 18.0 Å². The normalized spacial score (nSPS) is 14.4. The first-order valence-electron chi connectivity index (χ1n) is 14.1. The molecule has 4 rings (SSSR count). The molecular weight excluding hydrogens is 558 g/mol. The number of carbonyl (C=O) groups excluding carboxylic acids is 2. The number of rotatable bonds is 11. The smallest absolute Gasteiger partial charge is 0.264 e. The van der Waals surface area contributed by atoms with E-state index in [1.165, 1.54) is 17.0 Å². The third-order valence-electron chi connectivity index (χ3n) is 7.61. The van der Waals surface area contributed by atoms with Crippen molar-refractivity contribution in [2.45, 2.75) is 76.4 Å². The first kappa shape index (κ1) is 30.6. The predicted molar refractivity (Wildman–Crippen MR) is 163 cm³/mol. The molecule has 1 saturated carbocycles. The molecule has 0 unspecified atom stereocenters. The Labute approximate surface area is 248 Å². The van der Waals surface area contributed by atoms with Gasteiger partial charge in [0, 0.05) is 17.6 Å². The molecular formula is C32H38ClN3O4S. The summed E-state index contributed by atoms with van der Waals surface area (Å²) in [6.07, 6.45) is 4.37. The number of sulfonamides is 1. The molecule has 218 valence electrons. The van der Waals surface area contributed by atoms with Gasteiger partial charge in [0.2, 0.25) is 11.8 Å². The molecule has 0 aliphatic heterocycles. The molecule has 0 bridgehead atoms. The van der Waals surface area contributed by atoms with Crippen LogP contribution in [0.4, 0.5) is 5.69 Å². The van der Waals surface area contributed by atoms with Crippen molar-refractivity contribution >= 4 is 39.1 Å². The minimum Gasteiger partial charge on any atom is -0.352 e. The van der Waals surface area contributed by atoms with Crippen LogP contribution in [-0.4, -0.2) is 43.8 Å². The molecule has 0 radical (unpaired) electrons. The van der Waals surface area contributed by atoms with Crippen LogP contribution in [0.25, 0.3) is 0 Å². The van der Waals surface area contributed by atoms with Crippen molar-refractivity contribution in [2.24, 2.45) is 0 Å². The average Bonchev–Trinajstić information content (AvgIpc) is 3.47. The van der Waals surface area contributed by atoms with Crippen LogP contribution in [0.15, 0.2) is 77.7 Å². The molecule has 3 aromatic carbocycles. The third kappa shape index (κ3) is 7.49. The molecule has 0 heterocycles. The number of amides is 2. The lowest BCUT2D eigenvalue weighted by Gasteiger charge is -2.34. The minimum absolute atomic E-state index is 0.0561. The molecule has 1 aliphatic rings. The largest absolute Gasteiger partial charge is 0.352 e. The van der Waals surface area contributed by atoms with Crippen molar-refractivity contribution in [1.82, 2.24) is 10.2 Å². The van der Waals surface area contributed by atoms with Gasteiger partial charge in [0.15, 0.2) is 0 Å². The molecule has 1 N–H and O–H groups in total. The second-order valence-corrected chi connectivity index (χ2v) is 12.9. The highest BCUT2D eigenvalue weighted by atomic mass is 35.5. The lowest BCUT2D eigenvalue weighted by Crippen LogP contribution is -2.53. The Hall–Kier alpha value is -3.36. The highest BCUT2D eigenvalue weighted by Gasteiger charge is 2.34. The number of halogens is 1. The zero-order valence-corrected chi connectivity index (χ0v) is 25.4. The van der Waals surface area contributed by atoms with Crippen LogP contribution in [0, 0.1) is 13.8 Å². The fourth-order valence-electron chi connectivity index (χ4n) is 5.16. The molecule has 41 heavy (non-hydrogen) atoms. The van der Waals surface area contributed by atoms with E-state index >= 15 is 0 Å². The summed E-state index contributed by atoms with van der Waals surface area (Å²) in [5, 5.41) is 3.52. The van der Waals surface area contributed by atoms with Crippen LogP contribution in [0.3, 0.4) is 0 Å². The van der Waals surface area contributed by atoms with Gasteiger partial charge in [0.25, 0.3) is 10.0 Å². The Balaban J connectivity index is 1.72. The van der Waals surface area contributed by atoms with Crippen molar-refractivity contribution in [3.05, 3.63) is 94.5 Å². The van der Waals surface area contributed by atoms with E-state index in [9.17, 15) is 18.0 Å². The summed E-state index contributed by atoms with van der Waals surface area (Å²) in [6, 6.07) is 20.0. The molecule has 1 atom stereocenters. The number of benzene rings is 3. The van der Waals surface area contributed by atoms with Gasteiger partial charge in [-0.15, -0.1) is 0 Å². The molecule has 3 aromatic rings. The Morgan fingerprint density at radius 3 is 2.24 bits per heavy atom. The van der Waals surface area contributed by atoms with Crippen LogP contribution in [0.5, 0.6) is 0 Å². The minimum atomic E-state index is -4.14. The zero-order valence-electron chi connectivity index (χ0n) is 23.8. The maximum atomic E-state index is 14.2. The van der Waals surface area contributed by atoms with Gasteiger partial charge in [-0.25, -0.2) is 8.42 Å². The topological polar surface area (TPSA) is 86.8 Å². The van der Waals surface area contributed by atoms with Gasteiger partial charge in [-0.05, 0) is 68.5 Å². The molecule has 1 fully saturated rings. The number of anilines is 1. The number of nitrogens with zero attached hydrogens (tertiary/aromatic N) is 2. The lowest BCUT2D eigenvalue weighted by molar-refractivity contribution is -0.140. The van der Waals surface area contributed by atoms with Crippen molar-refractivity contribution in [2.75, 3.05) is 10.8 Å². The van der Waals surface area contributed by atoms with Crippen LogP contribution in [0.2, 0.25) is 5.02 Å². The molecule has 2 amide bonds. The van der Waals surface area contributed by atoms with Gasteiger partial charge in [-0.3, -0.25) is 13.9 Å². The predicted octanol–water partition coefficient (Wildman–Crippen LogP) is 6.02. The highest BCUT2D eigenvalue weighted by Crippen LogP contribution is 2.29. The van der Waals surface area contributed by atoms with Gasteiger partial charge in [-0.2, -0.15) is 0 Å². The summed E-state index contributed by atoms with van der Waals surface area (Å²) in [6.45, 7) is 5.35. The summed E-state index contributed by atoms with van der Waals surface area (Å²) >= 11 is 6.40. The van der Waals surface area contributed by atoms with E-state index < -0.39 is 28.5 Å². The third-order valence-corrected chi connectivity index (χ3v) is 9.81. The molecule has 7 nitrogen and oxygen atoms in total. The van der Waals surface area contributed by atoms with E-state index in [4.69, 9.17) is 11.6 Å². The number of carbonyl (C=O) groups is 2. The van der Waals surface area contributed by atoms with E-state index in [1.807, 2.05) is 45.0 Å². The summed E-state index contributed by atoms with van der Waals surface area (Å²) in [5.41, 5.74) is 2.99. The molecule has 9 heteroatoms. The average molecular weight is 596 g/mol. The van der Waals surface area contributed by atoms with Gasteiger partial charge >= 0.3 is 0 Å². The monoisotopic (exact) mass is 595 g/mol. The van der Waals surface area contributed by atoms with Crippen molar-refractivity contribution in [1.29, 1.82) is 0 Å². The highest BCUT2D eigenvalue weighted by molar-refractivity contribution is 7.92. The number of hydrogen-bond donors (Lipinski definition) is 1. The molecule has 0 aromatic heterocycles. The SMILES string of the molecule is CC[C@H](C(=O)NC1CCCC1)N(Cc1ccc(C)cc1)C(=O)CN(c1ccc(C)c(Cl)c1)S(=O)(=O)c1ccccc1. The van der Waals surface area contributed by atoms with Crippen molar-refractivity contribution in [3.8, 4) is 0 Å². The molecule has 0 spiro atoms. The first-order chi connectivity index (χ1) is 19.6. The van der Waals surface area contributed by atoms with Gasteiger partial charge in [-0.1, -0.05) is 85.5 Å². The van der Waals surface area contributed by atoms with Crippen LogP contribution in [-0.2, 0) is 26.2 Å². The second kappa shape index (κ2) is 13.5. The van der Waals surface area contributed by atoms with E-state index in [0.717, 1.165) is 46.7 Å². The Kier molecular flexibility index (Phi) is 10.1. The fraction of sp³-hybridized carbons (Fsp3) is 0.375. The number of aryl methyl sites for hydroxylation is 2. The van der Waals surface area contributed by atoms with E-state index in [-0.39, 0.29) is 29.1 Å². The quantitative estimate of drug-likeness (QED) is 0.294. The van der Waals surface area contributed by atoms with E-state index in [1.54, 1.807) is 36.4 Å². The summed E-state index contributed by atoms with van der Waals surface area (Å²) in [5.74, 6) is -0.689. The zero-order chi connectivity index (χ0) is 29.6. The van der Waals surface area contributed by atoms with Crippen LogP contribution < -0.4 is 9.62 Å². The first-order valence-corrected chi connectivity index (χ1v) is 15.9.